The molecule has 5 nitrogen and oxygen atoms in total. The van der Waals surface area contributed by atoms with Gasteiger partial charge in [0.25, 0.3) is 5.91 Å². The number of benzene rings is 4. The van der Waals surface area contributed by atoms with E-state index < -0.39 is 0 Å². The molecule has 0 saturated heterocycles. The van der Waals surface area contributed by atoms with Crippen LogP contribution in [0, 0.1) is 0 Å². The van der Waals surface area contributed by atoms with Crippen LogP contribution in [-0.2, 0) is 6.61 Å². The molecule has 4 rings (SSSR count). The molecular weight excluding hydrogens is 482 g/mol. The van der Waals surface area contributed by atoms with E-state index >= 15 is 0 Å². The first-order chi connectivity index (χ1) is 16.1. The van der Waals surface area contributed by atoms with Crippen molar-refractivity contribution in [2.75, 3.05) is 12.4 Å². The Hall–Kier alpha value is -3.77. The summed E-state index contributed by atoms with van der Waals surface area (Å²) in [5.74, 6) is 2.18. The Morgan fingerprint density at radius 1 is 0.848 bits per heavy atom. The topological polar surface area (TPSA) is 56.8 Å². The number of rotatable bonds is 8. The molecule has 166 valence electrons. The number of ether oxygens (including phenoxy) is 3. The Morgan fingerprint density at radius 2 is 1.48 bits per heavy atom. The van der Waals surface area contributed by atoms with Crippen LogP contribution in [0.4, 0.5) is 5.69 Å². The summed E-state index contributed by atoms with van der Waals surface area (Å²) < 4.78 is 17.8. The highest BCUT2D eigenvalue weighted by Gasteiger charge is 2.16. The van der Waals surface area contributed by atoms with E-state index in [0.29, 0.717) is 39.6 Å². The number of carbonyl (C=O) groups is 1. The molecule has 0 saturated carbocycles. The Balaban J connectivity index is 1.43. The Morgan fingerprint density at radius 3 is 2.15 bits per heavy atom. The van der Waals surface area contributed by atoms with Gasteiger partial charge >= 0.3 is 0 Å². The summed E-state index contributed by atoms with van der Waals surface area (Å²) >= 11 is 3.51. The van der Waals surface area contributed by atoms with Crippen LogP contribution in [0.2, 0.25) is 0 Å². The van der Waals surface area contributed by atoms with Crippen molar-refractivity contribution in [3.8, 4) is 23.0 Å². The maximum Gasteiger partial charge on any atom is 0.255 e. The smallest absolute Gasteiger partial charge is 0.255 e. The molecule has 33 heavy (non-hydrogen) atoms. The van der Waals surface area contributed by atoms with Crippen molar-refractivity contribution in [3.63, 3.8) is 0 Å². The molecule has 0 aliphatic heterocycles. The molecule has 4 aromatic rings. The van der Waals surface area contributed by atoms with E-state index in [1.54, 1.807) is 43.5 Å². The predicted octanol–water partition coefficient (Wildman–Crippen LogP) is 7.08. The molecular formula is C27H22BrNO4. The van der Waals surface area contributed by atoms with Gasteiger partial charge in [0.1, 0.15) is 18.1 Å². The van der Waals surface area contributed by atoms with E-state index in [-0.39, 0.29) is 5.91 Å². The van der Waals surface area contributed by atoms with Crippen LogP contribution >= 0.6 is 15.9 Å². The van der Waals surface area contributed by atoms with Gasteiger partial charge in [-0.2, -0.15) is 0 Å². The fourth-order valence-corrected chi connectivity index (χ4v) is 3.71. The third-order valence-electron chi connectivity index (χ3n) is 4.81. The van der Waals surface area contributed by atoms with E-state index in [0.717, 1.165) is 11.3 Å². The van der Waals surface area contributed by atoms with Crippen LogP contribution in [-0.4, -0.2) is 13.0 Å². The number of methoxy groups -OCH3 is 1. The Labute approximate surface area is 201 Å². The number of hydrogen-bond acceptors (Lipinski definition) is 4. The molecule has 0 heterocycles. The standard InChI is InChI=1S/C27H22BrNO4/c1-31-25-17-20(16-24(28)26(25)32-18-19-8-4-2-5-9-19)27(30)29-21-12-14-23(15-13-21)33-22-10-6-3-7-11-22/h2-17H,18H2,1H3,(H,29,30). The second kappa shape index (κ2) is 10.7. The van der Waals surface area contributed by atoms with Crippen LogP contribution in [0.1, 0.15) is 15.9 Å². The minimum atomic E-state index is -0.264. The second-order valence-electron chi connectivity index (χ2n) is 7.16. The first-order valence-corrected chi connectivity index (χ1v) is 11.1. The van der Waals surface area contributed by atoms with Gasteiger partial charge in [0.05, 0.1) is 11.6 Å². The van der Waals surface area contributed by atoms with Crippen molar-refractivity contribution >= 4 is 27.5 Å². The highest BCUT2D eigenvalue weighted by molar-refractivity contribution is 9.10. The van der Waals surface area contributed by atoms with Gasteiger partial charge in [0.2, 0.25) is 0 Å². The van der Waals surface area contributed by atoms with Gasteiger partial charge in [-0.1, -0.05) is 48.5 Å². The largest absolute Gasteiger partial charge is 0.493 e. The van der Waals surface area contributed by atoms with E-state index in [1.165, 1.54) is 0 Å². The molecule has 0 unspecified atom stereocenters. The zero-order chi connectivity index (χ0) is 23.0. The van der Waals surface area contributed by atoms with Crippen molar-refractivity contribution < 1.29 is 19.0 Å². The highest BCUT2D eigenvalue weighted by atomic mass is 79.9. The van der Waals surface area contributed by atoms with E-state index in [2.05, 4.69) is 21.2 Å². The number of anilines is 1. The maximum absolute atomic E-state index is 12.8. The highest BCUT2D eigenvalue weighted by Crippen LogP contribution is 2.37. The summed E-state index contributed by atoms with van der Waals surface area (Å²) in [5.41, 5.74) is 2.13. The fraction of sp³-hybridized carbons (Fsp3) is 0.0741. The summed E-state index contributed by atoms with van der Waals surface area (Å²) in [7, 11) is 1.55. The van der Waals surface area contributed by atoms with Gasteiger partial charge in [0.15, 0.2) is 11.5 Å². The molecule has 0 aliphatic carbocycles. The van der Waals surface area contributed by atoms with Gasteiger partial charge in [-0.05, 0) is 70.0 Å². The van der Waals surface area contributed by atoms with Crippen molar-refractivity contribution in [1.82, 2.24) is 0 Å². The molecule has 4 aromatic carbocycles. The number of hydrogen-bond donors (Lipinski definition) is 1. The molecule has 6 heteroatoms. The monoisotopic (exact) mass is 503 g/mol. The lowest BCUT2D eigenvalue weighted by Gasteiger charge is -2.15. The SMILES string of the molecule is COc1cc(C(=O)Nc2ccc(Oc3ccccc3)cc2)cc(Br)c1OCc1ccccc1. The lowest BCUT2D eigenvalue weighted by Crippen LogP contribution is -2.12. The summed E-state index contributed by atoms with van der Waals surface area (Å²) in [5, 5.41) is 2.89. The number of halogens is 1. The number of amides is 1. The lowest BCUT2D eigenvalue weighted by atomic mass is 10.1. The third kappa shape index (κ3) is 5.93. The number of carbonyl (C=O) groups excluding carboxylic acids is 1. The third-order valence-corrected chi connectivity index (χ3v) is 5.40. The van der Waals surface area contributed by atoms with Gasteiger partial charge < -0.3 is 19.5 Å². The van der Waals surface area contributed by atoms with Crippen LogP contribution in [0.5, 0.6) is 23.0 Å². The van der Waals surface area contributed by atoms with Gasteiger partial charge in [-0.3, -0.25) is 4.79 Å². The van der Waals surface area contributed by atoms with Crippen molar-refractivity contribution in [3.05, 3.63) is 113 Å². The van der Waals surface area contributed by atoms with Crippen molar-refractivity contribution in [2.45, 2.75) is 6.61 Å². The van der Waals surface area contributed by atoms with Crippen molar-refractivity contribution in [2.24, 2.45) is 0 Å². The van der Waals surface area contributed by atoms with Crippen LogP contribution in [0.15, 0.2) is 102 Å². The maximum atomic E-state index is 12.8. The minimum absolute atomic E-state index is 0.264. The molecule has 1 amide bonds. The molecule has 0 atom stereocenters. The van der Waals surface area contributed by atoms with E-state index in [4.69, 9.17) is 14.2 Å². The lowest BCUT2D eigenvalue weighted by molar-refractivity contribution is 0.102. The average Bonchev–Trinajstić information content (AvgIpc) is 2.85. The normalized spacial score (nSPS) is 10.4. The molecule has 0 aromatic heterocycles. The second-order valence-corrected chi connectivity index (χ2v) is 8.01. The quantitative estimate of drug-likeness (QED) is 0.279. The predicted molar refractivity (Wildman–Crippen MR) is 132 cm³/mol. The van der Waals surface area contributed by atoms with Crippen molar-refractivity contribution in [1.29, 1.82) is 0 Å². The molecule has 0 spiro atoms. The van der Waals surface area contributed by atoms with E-state index in [9.17, 15) is 4.79 Å². The first kappa shape index (κ1) is 22.4. The molecule has 1 N–H and O–H groups in total. The van der Waals surface area contributed by atoms with Gasteiger partial charge in [-0.15, -0.1) is 0 Å². The van der Waals surface area contributed by atoms with Gasteiger partial charge in [-0.25, -0.2) is 0 Å². The molecule has 0 radical (unpaired) electrons. The van der Waals surface area contributed by atoms with Gasteiger partial charge in [0, 0.05) is 11.3 Å². The Kier molecular flexibility index (Phi) is 7.27. The minimum Gasteiger partial charge on any atom is -0.493 e. The van der Waals surface area contributed by atoms with Crippen LogP contribution < -0.4 is 19.5 Å². The molecule has 0 aliphatic rings. The van der Waals surface area contributed by atoms with E-state index in [1.807, 2.05) is 60.7 Å². The zero-order valence-electron chi connectivity index (χ0n) is 18.0. The van der Waals surface area contributed by atoms with Crippen LogP contribution in [0.25, 0.3) is 0 Å². The first-order valence-electron chi connectivity index (χ1n) is 10.3. The summed E-state index contributed by atoms with van der Waals surface area (Å²) in [4.78, 5) is 12.8. The number of para-hydroxylation sites is 1. The molecule has 0 bridgehead atoms. The summed E-state index contributed by atoms with van der Waals surface area (Å²) in [6.45, 7) is 0.388. The zero-order valence-corrected chi connectivity index (χ0v) is 19.5. The average molecular weight is 504 g/mol. The van der Waals surface area contributed by atoms with Crippen LogP contribution in [0.3, 0.4) is 0 Å². The fourth-order valence-electron chi connectivity index (χ4n) is 3.15. The number of nitrogens with one attached hydrogen (secondary N) is 1. The Bertz CT molecular complexity index is 1210. The summed E-state index contributed by atoms with van der Waals surface area (Å²) in [6, 6.07) is 29.9. The molecule has 0 fully saturated rings. The summed E-state index contributed by atoms with van der Waals surface area (Å²) in [6.07, 6.45) is 0.